The molecule has 0 spiro atoms. The fourth-order valence-electron chi connectivity index (χ4n) is 2.52. The predicted octanol–water partition coefficient (Wildman–Crippen LogP) is 3.14. The molecule has 2 rings (SSSR count). The van der Waals surface area contributed by atoms with Crippen LogP contribution in [0.3, 0.4) is 0 Å². The first-order valence-electron chi connectivity index (χ1n) is 6.34. The van der Waals surface area contributed by atoms with Gasteiger partial charge in [-0.25, -0.2) is 0 Å². The number of halogens is 3. The maximum atomic E-state index is 12.4. The maximum absolute atomic E-state index is 12.4. The van der Waals surface area contributed by atoms with Gasteiger partial charge >= 0.3 is 6.18 Å². The highest BCUT2D eigenvalue weighted by atomic mass is 19.4. The molecule has 0 radical (unpaired) electrons. The van der Waals surface area contributed by atoms with Crippen LogP contribution in [0.1, 0.15) is 30.4 Å². The van der Waals surface area contributed by atoms with Crippen LogP contribution in [-0.4, -0.2) is 18.8 Å². The summed E-state index contributed by atoms with van der Waals surface area (Å²) >= 11 is 0. The standard InChI is InChI=1S/C14H18F3NO/c1-19-13(7-2-8-13)12(18)9-10-3-5-11(6-4-10)14(15,16)17/h3-6,12H,2,7-9,18H2,1H3. The fourth-order valence-corrected chi connectivity index (χ4v) is 2.52. The summed E-state index contributed by atoms with van der Waals surface area (Å²) in [6.45, 7) is 0. The van der Waals surface area contributed by atoms with Gasteiger partial charge < -0.3 is 10.5 Å². The number of ether oxygens (including phenoxy) is 1. The predicted molar refractivity (Wildman–Crippen MR) is 66.7 cm³/mol. The van der Waals surface area contributed by atoms with Gasteiger partial charge in [0.15, 0.2) is 0 Å². The third-order valence-corrected chi connectivity index (χ3v) is 4.02. The minimum atomic E-state index is -4.29. The van der Waals surface area contributed by atoms with Gasteiger partial charge in [-0.05, 0) is 43.4 Å². The average molecular weight is 273 g/mol. The van der Waals surface area contributed by atoms with Crippen molar-refractivity contribution in [2.45, 2.75) is 43.5 Å². The molecule has 2 nitrogen and oxygen atoms in total. The number of hydrogen-bond acceptors (Lipinski definition) is 2. The molecule has 1 aliphatic carbocycles. The summed E-state index contributed by atoms with van der Waals surface area (Å²) in [5.41, 5.74) is 6.02. The van der Waals surface area contributed by atoms with Crippen molar-refractivity contribution in [1.82, 2.24) is 0 Å². The Kier molecular flexibility index (Phi) is 3.87. The molecule has 1 atom stereocenters. The van der Waals surface area contributed by atoms with Crippen molar-refractivity contribution in [2.24, 2.45) is 5.73 Å². The van der Waals surface area contributed by atoms with Crippen molar-refractivity contribution in [3.8, 4) is 0 Å². The zero-order valence-electron chi connectivity index (χ0n) is 10.8. The van der Waals surface area contributed by atoms with Crippen LogP contribution in [0.4, 0.5) is 13.2 Å². The van der Waals surface area contributed by atoms with Crippen LogP contribution in [-0.2, 0) is 17.3 Å². The number of rotatable bonds is 4. The highest BCUT2D eigenvalue weighted by Crippen LogP contribution is 2.38. The van der Waals surface area contributed by atoms with E-state index in [-0.39, 0.29) is 11.6 Å². The van der Waals surface area contributed by atoms with Gasteiger partial charge in [0.25, 0.3) is 0 Å². The van der Waals surface area contributed by atoms with E-state index < -0.39 is 11.7 Å². The molecule has 0 heterocycles. The number of nitrogens with two attached hydrogens (primary N) is 1. The molecule has 1 aromatic rings. The Balaban J connectivity index is 2.03. The first kappa shape index (κ1) is 14.3. The Bertz CT molecular complexity index is 418. The smallest absolute Gasteiger partial charge is 0.377 e. The van der Waals surface area contributed by atoms with E-state index in [1.165, 1.54) is 12.1 Å². The summed E-state index contributed by atoms with van der Waals surface area (Å²) in [6, 6.07) is 5.00. The molecule has 1 unspecified atom stereocenters. The van der Waals surface area contributed by atoms with Crippen molar-refractivity contribution in [1.29, 1.82) is 0 Å². The van der Waals surface area contributed by atoms with E-state index in [9.17, 15) is 13.2 Å². The van der Waals surface area contributed by atoms with Gasteiger partial charge in [0.2, 0.25) is 0 Å². The summed E-state index contributed by atoms with van der Waals surface area (Å²) < 4.78 is 42.8. The molecule has 0 bridgehead atoms. The van der Waals surface area contributed by atoms with Crippen molar-refractivity contribution in [3.63, 3.8) is 0 Å². The highest BCUT2D eigenvalue weighted by molar-refractivity contribution is 5.25. The molecular formula is C14H18F3NO. The monoisotopic (exact) mass is 273 g/mol. The molecule has 5 heteroatoms. The number of hydrogen-bond donors (Lipinski definition) is 1. The lowest BCUT2D eigenvalue weighted by molar-refractivity contribution is -0.137. The molecule has 2 N–H and O–H groups in total. The van der Waals surface area contributed by atoms with Crippen molar-refractivity contribution < 1.29 is 17.9 Å². The van der Waals surface area contributed by atoms with Crippen LogP contribution in [0.2, 0.25) is 0 Å². The molecule has 1 aromatic carbocycles. The van der Waals surface area contributed by atoms with Gasteiger partial charge in [0.05, 0.1) is 11.2 Å². The number of methoxy groups -OCH3 is 1. The topological polar surface area (TPSA) is 35.2 Å². The van der Waals surface area contributed by atoms with Gasteiger partial charge in [-0.15, -0.1) is 0 Å². The molecule has 0 saturated heterocycles. The van der Waals surface area contributed by atoms with Crippen molar-refractivity contribution in [3.05, 3.63) is 35.4 Å². The lowest BCUT2D eigenvalue weighted by atomic mass is 9.73. The van der Waals surface area contributed by atoms with Crippen LogP contribution >= 0.6 is 0 Å². The third-order valence-electron chi connectivity index (χ3n) is 4.02. The molecule has 1 saturated carbocycles. The molecule has 1 fully saturated rings. The second-order valence-corrected chi connectivity index (χ2v) is 5.13. The van der Waals surface area contributed by atoms with Crippen LogP contribution in [0, 0.1) is 0 Å². The third kappa shape index (κ3) is 2.92. The van der Waals surface area contributed by atoms with Crippen LogP contribution in [0.25, 0.3) is 0 Å². The van der Waals surface area contributed by atoms with Crippen LogP contribution in [0.15, 0.2) is 24.3 Å². The fraction of sp³-hybridized carbons (Fsp3) is 0.571. The Hall–Kier alpha value is -1.07. The number of benzene rings is 1. The lowest BCUT2D eigenvalue weighted by Crippen LogP contribution is -2.55. The average Bonchev–Trinajstić information content (AvgIpc) is 2.27. The molecular weight excluding hydrogens is 255 g/mol. The first-order valence-corrected chi connectivity index (χ1v) is 6.34. The normalized spacial score (nSPS) is 19.8. The first-order chi connectivity index (χ1) is 8.87. The van der Waals surface area contributed by atoms with E-state index >= 15 is 0 Å². The van der Waals surface area contributed by atoms with E-state index in [4.69, 9.17) is 10.5 Å². The van der Waals surface area contributed by atoms with Gasteiger partial charge in [0, 0.05) is 13.2 Å². The number of alkyl halides is 3. The van der Waals surface area contributed by atoms with Crippen molar-refractivity contribution in [2.75, 3.05) is 7.11 Å². The summed E-state index contributed by atoms with van der Waals surface area (Å²) in [5, 5.41) is 0. The summed E-state index contributed by atoms with van der Waals surface area (Å²) in [6.07, 6.45) is -0.820. The van der Waals surface area contributed by atoms with Crippen LogP contribution < -0.4 is 5.73 Å². The SMILES string of the molecule is COC1(C(N)Cc2ccc(C(F)(F)F)cc2)CCC1. The highest BCUT2D eigenvalue weighted by Gasteiger charge is 2.42. The van der Waals surface area contributed by atoms with Gasteiger partial charge in [-0.1, -0.05) is 12.1 Å². The minimum absolute atomic E-state index is 0.178. The molecule has 0 aromatic heterocycles. The zero-order valence-corrected chi connectivity index (χ0v) is 10.8. The van der Waals surface area contributed by atoms with E-state index in [1.807, 2.05) is 0 Å². The summed E-state index contributed by atoms with van der Waals surface area (Å²) in [5.74, 6) is 0. The second-order valence-electron chi connectivity index (χ2n) is 5.13. The van der Waals surface area contributed by atoms with Gasteiger partial charge in [-0.2, -0.15) is 13.2 Å². The van der Waals surface area contributed by atoms with E-state index in [2.05, 4.69) is 0 Å². The Morgan fingerprint density at radius 2 is 1.84 bits per heavy atom. The van der Waals surface area contributed by atoms with Gasteiger partial charge in [-0.3, -0.25) is 0 Å². The Morgan fingerprint density at radius 3 is 2.21 bits per heavy atom. The molecule has 0 amide bonds. The molecule has 19 heavy (non-hydrogen) atoms. The van der Waals surface area contributed by atoms with Gasteiger partial charge in [0.1, 0.15) is 0 Å². The molecule has 106 valence electrons. The quantitative estimate of drug-likeness (QED) is 0.914. The van der Waals surface area contributed by atoms with E-state index in [0.717, 1.165) is 37.0 Å². The Labute approximate surface area is 110 Å². The second kappa shape index (κ2) is 5.13. The maximum Gasteiger partial charge on any atom is 0.416 e. The van der Waals surface area contributed by atoms with E-state index in [1.54, 1.807) is 7.11 Å². The molecule has 1 aliphatic rings. The van der Waals surface area contributed by atoms with Crippen LogP contribution in [0.5, 0.6) is 0 Å². The lowest BCUT2D eigenvalue weighted by Gasteiger charge is -2.45. The Morgan fingerprint density at radius 1 is 1.26 bits per heavy atom. The van der Waals surface area contributed by atoms with Crippen molar-refractivity contribution >= 4 is 0 Å². The minimum Gasteiger partial charge on any atom is -0.377 e. The van der Waals surface area contributed by atoms with E-state index in [0.29, 0.717) is 6.42 Å². The largest absolute Gasteiger partial charge is 0.416 e. The molecule has 0 aliphatic heterocycles. The zero-order chi connectivity index (χ0) is 14.1. The summed E-state index contributed by atoms with van der Waals surface area (Å²) in [4.78, 5) is 0. The summed E-state index contributed by atoms with van der Waals surface area (Å²) in [7, 11) is 1.64.